The second-order valence-electron chi connectivity index (χ2n) is 5.90. The fourth-order valence-electron chi connectivity index (χ4n) is 2.27. The molecule has 12 heteroatoms. The Morgan fingerprint density at radius 1 is 0.567 bits per heavy atom. The van der Waals surface area contributed by atoms with E-state index in [2.05, 4.69) is 44.9 Å². The first-order valence-corrected chi connectivity index (χ1v) is 11.3. The molecular weight excluding hydrogens is 438 g/mol. The molecule has 0 fully saturated rings. The van der Waals surface area contributed by atoms with E-state index >= 15 is 0 Å². The first-order valence-electron chi connectivity index (χ1n) is 8.68. The van der Waals surface area contributed by atoms with E-state index in [0.29, 0.717) is 0 Å². The van der Waals surface area contributed by atoms with Crippen molar-refractivity contribution in [3.8, 4) is 0 Å². The Kier molecular flexibility index (Phi) is 6.16. The van der Waals surface area contributed by atoms with Crippen molar-refractivity contribution in [1.82, 2.24) is 44.9 Å². The maximum absolute atomic E-state index is 4.23. The smallest absolute Gasteiger partial charge is 0.189 e. The van der Waals surface area contributed by atoms with Gasteiger partial charge in [0, 0.05) is 18.6 Å². The zero-order valence-electron chi connectivity index (χ0n) is 16.2. The fourth-order valence-corrected chi connectivity index (χ4v) is 4.21. The lowest BCUT2D eigenvalue weighted by molar-refractivity contribution is 1.17. The lowest BCUT2D eigenvalue weighted by Crippen LogP contribution is -1.83. The van der Waals surface area contributed by atoms with Crippen LogP contribution in [0.25, 0.3) is 31.4 Å². The third kappa shape index (κ3) is 4.90. The minimum absolute atomic E-state index is 0.746. The summed E-state index contributed by atoms with van der Waals surface area (Å²) in [4.78, 5) is 39.7. The van der Waals surface area contributed by atoms with Crippen LogP contribution in [0.15, 0.2) is 35.8 Å². The van der Waals surface area contributed by atoms with Gasteiger partial charge in [-0.25, -0.2) is 44.9 Å². The summed E-state index contributed by atoms with van der Waals surface area (Å²) in [5.74, 6) is 0. The van der Waals surface area contributed by atoms with Gasteiger partial charge in [-0.3, -0.25) is 0 Å². The Bertz CT molecular complexity index is 1300. The molecule has 6 rings (SSSR count). The third-order valence-electron chi connectivity index (χ3n) is 3.52. The first-order chi connectivity index (χ1) is 14.6. The summed E-state index contributed by atoms with van der Waals surface area (Å²) in [7, 11) is 0. The van der Waals surface area contributed by atoms with E-state index in [1.165, 1.54) is 22.7 Å². The molecule has 0 unspecified atom stereocenters. The van der Waals surface area contributed by atoms with Crippen molar-refractivity contribution in [2.24, 2.45) is 0 Å². The van der Waals surface area contributed by atoms with E-state index in [-0.39, 0.29) is 0 Å². The summed E-state index contributed by atoms with van der Waals surface area (Å²) in [5.41, 5.74) is 7.62. The van der Waals surface area contributed by atoms with E-state index < -0.39 is 0 Å². The Labute approximate surface area is 183 Å². The van der Waals surface area contributed by atoms with Crippen LogP contribution >= 0.6 is 34.0 Å². The van der Waals surface area contributed by atoms with Gasteiger partial charge < -0.3 is 0 Å². The van der Waals surface area contributed by atoms with Crippen LogP contribution in [0, 0.1) is 20.8 Å². The van der Waals surface area contributed by atoms with Crippen molar-refractivity contribution >= 4 is 65.4 Å². The minimum Gasteiger partial charge on any atom is -0.240 e. The standard InChI is InChI=1S/3C6H5N3S/c1-4-2-7-6-5(9-4)8-3-10-6;1-4-2-7-5-6(9-4)10-3-8-5;1-4-9-5-6(10-4)8-3-2-7-5/h3*2-3H,1H3. The molecule has 0 amide bonds. The van der Waals surface area contributed by atoms with Gasteiger partial charge in [0.15, 0.2) is 31.4 Å². The van der Waals surface area contributed by atoms with Gasteiger partial charge in [0.2, 0.25) is 0 Å². The van der Waals surface area contributed by atoms with Gasteiger partial charge in [-0.1, -0.05) is 11.3 Å². The second kappa shape index (κ2) is 9.15. The number of nitrogens with zero attached hydrogens (tertiary/aromatic N) is 9. The Balaban J connectivity index is 0.000000109. The minimum atomic E-state index is 0.746. The molecular formula is C18H15N9S3. The molecule has 6 aromatic rings. The van der Waals surface area contributed by atoms with Gasteiger partial charge in [0.1, 0.15) is 0 Å². The molecule has 0 spiro atoms. The van der Waals surface area contributed by atoms with Crippen LogP contribution in [0.2, 0.25) is 0 Å². The maximum atomic E-state index is 4.23. The predicted molar refractivity (Wildman–Crippen MR) is 120 cm³/mol. The van der Waals surface area contributed by atoms with E-state index in [0.717, 1.165) is 47.8 Å². The van der Waals surface area contributed by atoms with Crippen molar-refractivity contribution in [3.63, 3.8) is 0 Å². The topological polar surface area (TPSA) is 116 Å². The molecule has 0 radical (unpaired) electrons. The molecule has 0 aliphatic heterocycles. The third-order valence-corrected chi connectivity index (χ3v) is 5.82. The van der Waals surface area contributed by atoms with Crippen LogP contribution in [0.5, 0.6) is 0 Å². The number of hydrogen-bond acceptors (Lipinski definition) is 12. The van der Waals surface area contributed by atoms with Gasteiger partial charge in [-0.15, -0.1) is 22.7 Å². The molecule has 0 saturated heterocycles. The molecule has 9 nitrogen and oxygen atoms in total. The summed E-state index contributed by atoms with van der Waals surface area (Å²) in [5, 5.41) is 1.02. The van der Waals surface area contributed by atoms with Crippen LogP contribution in [0.1, 0.15) is 16.4 Å². The Hall–Kier alpha value is -3.09. The molecule has 0 aliphatic rings. The predicted octanol–water partition coefficient (Wildman–Crippen LogP) is 4.18. The van der Waals surface area contributed by atoms with Crippen LogP contribution in [-0.2, 0) is 0 Å². The van der Waals surface area contributed by atoms with Gasteiger partial charge >= 0.3 is 0 Å². The van der Waals surface area contributed by atoms with Gasteiger partial charge in [0.05, 0.1) is 33.6 Å². The van der Waals surface area contributed by atoms with Crippen LogP contribution < -0.4 is 0 Å². The molecule has 30 heavy (non-hydrogen) atoms. The number of hydrogen-bond donors (Lipinski definition) is 0. The average molecular weight is 454 g/mol. The van der Waals surface area contributed by atoms with Crippen molar-refractivity contribution in [2.45, 2.75) is 20.8 Å². The number of fused-ring (bicyclic) bond motifs is 3. The lowest BCUT2D eigenvalue weighted by Gasteiger charge is -1.87. The number of rotatable bonds is 0. The van der Waals surface area contributed by atoms with Gasteiger partial charge in [-0.2, -0.15) is 0 Å². The van der Waals surface area contributed by atoms with Gasteiger partial charge in [0.25, 0.3) is 0 Å². The summed E-state index contributed by atoms with van der Waals surface area (Å²) >= 11 is 4.60. The highest BCUT2D eigenvalue weighted by atomic mass is 32.1. The lowest BCUT2D eigenvalue weighted by atomic mass is 10.5. The van der Waals surface area contributed by atoms with Crippen molar-refractivity contribution in [2.75, 3.05) is 0 Å². The number of aryl methyl sites for hydroxylation is 3. The zero-order valence-corrected chi connectivity index (χ0v) is 18.7. The van der Waals surface area contributed by atoms with Crippen molar-refractivity contribution in [1.29, 1.82) is 0 Å². The SMILES string of the molecule is Cc1cnc2ncsc2n1.Cc1cnc2scnc2n1.Cc1nc2nccnc2s1. The molecule has 6 aromatic heterocycles. The summed E-state index contributed by atoms with van der Waals surface area (Å²) in [6.45, 7) is 5.78. The number of aromatic nitrogens is 9. The second-order valence-corrected chi connectivity index (χ2v) is 8.75. The quantitative estimate of drug-likeness (QED) is 0.334. The average Bonchev–Trinajstić information content (AvgIpc) is 3.46. The van der Waals surface area contributed by atoms with Gasteiger partial charge in [-0.05, 0) is 20.8 Å². The van der Waals surface area contributed by atoms with Crippen LogP contribution in [0.4, 0.5) is 0 Å². The molecule has 0 bridgehead atoms. The van der Waals surface area contributed by atoms with E-state index in [1.54, 1.807) is 47.1 Å². The molecule has 0 atom stereocenters. The van der Waals surface area contributed by atoms with Crippen molar-refractivity contribution < 1.29 is 0 Å². The van der Waals surface area contributed by atoms with E-state index in [1.807, 2.05) is 20.8 Å². The Morgan fingerprint density at radius 3 is 2.07 bits per heavy atom. The van der Waals surface area contributed by atoms with Crippen LogP contribution in [-0.4, -0.2) is 44.9 Å². The molecule has 0 aliphatic carbocycles. The highest BCUT2D eigenvalue weighted by molar-refractivity contribution is 7.18. The summed E-state index contributed by atoms with van der Waals surface area (Å²) in [6, 6.07) is 0. The monoisotopic (exact) mass is 453 g/mol. The summed E-state index contributed by atoms with van der Waals surface area (Å²) in [6.07, 6.45) is 6.81. The first kappa shape index (κ1) is 20.2. The van der Waals surface area contributed by atoms with Crippen LogP contribution in [0.3, 0.4) is 0 Å². The fraction of sp³-hybridized carbons (Fsp3) is 0.167. The van der Waals surface area contributed by atoms with E-state index in [9.17, 15) is 0 Å². The Morgan fingerprint density at radius 2 is 1.23 bits per heavy atom. The number of thiazole rings is 3. The largest absolute Gasteiger partial charge is 0.240 e. The molecule has 0 saturated carbocycles. The molecule has 6 heterocycles. The molecule has 0 aromatic carbocycles. The highest BCUT2D eigenvalue weighted by Gasteiger charge is 1.99. The molecule has 150 valence electrons. The maximum Gasteiger partial charge on any atom is 0.189 e. The zero-order chi connectivity index (χ0) is 20.9. The summed E-state index contributed by atoms with van der Waals surface area (Å²) < 4.78 is 0. The van der Waals surface area contributed by atoms with E-state index in [4.69, 9.17) is 0 Å². The highest BCUT2D eigenvalue weighted by Crippen LogP contribution is 2.15. The molecule has 0 N–H and O–H groups in total. The normalized spacial score (nSPS) is 10.5. The van der Waals surface area contributed by atoms with Crippen molar-refractivity contribution in [3.05, 3.63) is 52.2 Å².